The minimum atomic E-state index is -0.0207. The second-order valence-electron chi connectivity index (χ2n) is 4.97. The SMILES string of the molecule is CN(CCCCCCl)C(=O)c1nn(C)c2ccccc12. The van der Waals surface area contributed by atoms with E-state index >= 15 is 0 Å². The van der Waals surface area contributed by atoms with Crippen LogP contribution in [-0.4, -0.2) is 40.1 Å². The maximum Gasteiger partial charge on any atom is 0.274 e. The zero-order valence-corrected chi connectivity index (χ0v) is 12.7. The Hall–Kier alpha value is -1.55. The van der Waals surface area contributed by atoms with Gasteiger partial charge in [-0.05, 0) is 18.9 Å². The van der Waals surface area contributed by atoms with Crippen LogP contribution in [0.5, 0.6) is 0 Å². The third-order valence-corrected chi connectivity index (χ3v) is 3.70. The Bertz CT molecular complexity index is 594. The van der Waals surface area contributed by atoms with Crippen molar-refractivity contribution in [1.29, 1.82) is 0 Å². The molecule has 0 N–H and O–H groups in total. The Morgan fingerprint density at radius 2 is 2.05 bits per heavy atom. The molecule has 2 rings (SSSR count). The third-order valence-electron chi connectivity index (χ3n) is 3.43. The first-order chi connectivity index (χ1) is 9.65. The number of unbranched alkanes of at least 4 members (excludes halogenated alkanes) is 2. The molecule has 20 heavy (non-hydrogen) atoms. The van der Waals surface area contributed by atoms with Gasteiger partial charge in [0.2, 0.25) is 0 Å². The van der Waals surface area contributed by atoms with Crippen molar-refractivity contribution < 1.29 is 4.79 Å². The Labute approximate surface area is 124 Å². The summed E-state index contributed by atoms with van der Waals surface area (Å²) in [5, 5.41) is 5.27. The highest BCUT2D eigenvalue weighted by Crippen LogP contribution is 2.18. The second-order valence-corrected chi connectivity index (χ2v) is 5.34. The summed E-state index contributed by atoms with van der Waals surface area (Å²) < 4.78 is 1.75. The quantitative estimate of drug-likeness (QED) is 0.606. The highest BCUT2D eigenvalue weighted by Gasteiger charge is 2.18. The Balaban J connectivity index is 2.11. The zero-order chi connectivity index (χ0) is 14.5. The normalized spacial score (nSPS) is 10.9. The first-order valence-corrected chi connectivity index (χ1v) is 7.41. The molecule has 4 nitrogen and oxygen atoms in total. The van der Waals surface area contributed by atoms with E-state index in [0.717, 1.165) is 36.7 Å². The molecule has 0 aliphatic rings. The fraction of sp³-hybridized carbons (Fsp3) is 0.467. The Morgan fingerprint density at radius 3 is 2.80 bits per heavy atom. The van der Waals surface area contributed by atoms with Crippen LogP contribution < -0.4 is 0 Å². The van der Waals surface area contributed by atoms with E-state index in [0.29, 0.717) is 11.6 Å². The monoisotopic (exact) mass is 293 g/mol. The van der Waals surface area contributed by atoms with Crippen molar-refractivity contribution in [3.05, 3.63) is 30.0 Å². The van der Waals surface area contributed by atoms with E-state index < -0.39 is 0 Å². The molecular weight excluding hydrogens is 274 g/mol. The number of hydrogen-bond donors (Lipinski definition) is 0. The molecule has 108 valence electrons. The summed E-state index contributed by atoms with van der Waals surface area (Å²) in [6.45, 7) is 0.737. The summed E-state index contributed by atoms with van der Waals surface area (Å²) in [6, 6.07) is 7.80. The molecule has 0 aliphatic heterocycles. The van der Waals surface area contributed by atoms with E-state index in [4.69, 9.17) is 11.6 Å². The summed E-state index contributed by atoms with van der Waals surface area (Å²) in [5.74, 6) is 0.662. The van der Waals surface area contributed by atoms with Crippen molar-refractivity contribution in [3.8, 4) is 0 Å². The molecular formula is C15H20ClN3O. The molecule has 0 saturated carbocycles. The first kappa shape index (κ1) is 14.9. The minimum absolute atomic E-state index is 0.0207. The fourth-order valence-electron chi connectivity index (χ4n) is 2.27. The van der Waals surface area contributed by atoms with Gasteiger partial charge in [0.1, 0.15) is 0 Å². The minimum Gasteiger partial charge on any atom is -0.340 e. The van der Waals surface area contributed by atoms with Gasteiger partial charge in [-0.1, -0.05) is 24.6 Å². The standard InChI is InChI=1S/C15H20ClN3O/c1-18(11-7-3-6-10-16)15(20)14-12-8-4-5-9-13(12)19(2)17-14/h4-5,8-9H,3,6-7,10-11H2,1-2H3. The van der Waals surface area contributed by atoms with Gasteiger partial charge in [-0.2, -0.15) is 5.10 Å². The van der Waals surface area contributed by atoms with Crippen LogP contribution in [0.3, 0.4) is 0 Å². The van der Waals surface area contributed by atoms with Crippen LogP contribution in [0.4, 0.5) is 0 Å². The summed E-state index contributed by atoms with van der Waals surface area (Å²) in [4.78, 5) is 14.2. The summed E-state index contributed by atoms with van der Waals surface area (Å²) in [5.41, 5.74) is 1.51. The van der Waals surface area contributed by atoms with Gasteiger partial charge in [-0.3, -0.25) is 9.48 Å². The van der Waals surface area contributed by atoms with Crippen molar-refractivity contribution in [3.63, 3.8) is 0 Å². The van der Waals surface area contributed by atoms with E-state index in [-0.39, 0.29) is 5.91 Å². The lowest BCUT2D eigenvalue weighted by molar-refractivity contribution is 0.0788. The predicted octanol–water partition coefficient (Wildman–Crippen LogP) is 3.05. The van der Waals surface area contributed by atoms with Crippen molar-refractivity contribution in [2.75, 3.05) is 19.5 Å². The highest BCUT2D eigenvalue weighted by atomic mass is 35.5. The number of nitrogens with zero attached hydrogens (tertiary/aromatic N) is 3. The second kappa shape index (κ2) is 6.75. The Kier molecular flexibility index (Phi) is 5.01. The lowest BCUT2D eigenvalue weighted by Gasteiger charge is -2.15. The summed E-state index contributed by atoms with van der Waals surface area (Å²) >= 11 is 5.65. The molecule has 0 spiro atoms. The van der Waals surface area contributed by atoms with Crippen LogP contribution in [0.15, 0.2) is 24.3 Å². The first-order valence-electron chi connectivity index (χ1n) is 6.88. The smallest absolute Gasteiger partial charge is 0.274 e. The van der Waals surface area contributed by atoms with Crippen molar-refractivity contribution in [2.24, 2.45) is 7.05 Å². The predicted molar refractivity (Wildman–Crippen MR) is 82.2 cm³/mol. The number of aromatic nitrogens is 2. The van der Waals surface area contributed by atoms with E-state index in [2.05, 4.69) is 5.10 Å². The molecule has 1 aromatic carbocycles. The van der Waals surface area contributed by atoms with E-state index in [9.17, 15) is 4.79 Å². The number of amides is 1. The average molecular weight is 294 g/mol. The van der Waals surface area contributed by atoms with Crippen LogP contribution in [-0.2, 0) is 7.05 Å². The molecule has 0 unspecified atom stereocenters. The number of rotatable bonds is 6. The van der Waals surface area contributed by atoms with Crippen molar-refractivity contribution in [1.82, 2.24) is 14.7 Å². The topological polar surface area (TPSA) is 38.1 Å². The molecule has 1 aromatic heterocycles. The van der Waals surface area contributed by atoms with Gasteiger partial charge in [0.05, 0.1) is 5.52 Å². The molecule has 0 atom stereocenters. The van der Waals surface area contributed by atoms with Gasteiger partial charge in [0, 0.05) is 31.9 Å². The Morgan fingerprint density at radius 1 is 1.30 bits per heavy atom. The van der Waals surface area contributed by atoms with Crippen LogP contribution in [0, 0.1) is 0 Å². The van der Waals surface area contributed by atoms with Crippen LogP contribution in [0.2, 0.25) is 0 Å². The molecule has 0 bridgehead atoms. The van der Waals surface area contributed by atoms with Gasteiger partial charge >= 0.3 is 0 Å². The van der Waals surface area contributed by atoms with Crippen molar-refractivity contribution >= 4 is 28.4 Å². The number of para-hydroxylation sites is 1. The van der Waals surface area contributed by atoms with Gasteiger partial charge in [-0.25, -0.2) is 0 Å². The van der Waals surface area contributed by atoms with Gasteiger partial charge in [0.15, 0.2) is 5.69 Å². The van der Waals surface area contributed by atoms with Gasteiger partial charge in [0.25, 0.3) is 5.91 Å². The molecule has 1 amide bonds. The molecule has 1 heterocycles. The van der Waals surface area contributed by atoms with E-state index in [1.807, 2.05) is 38.4 Å². The number of aryl methyl sites for hydroxylation is 1. The van der Waals surface area contributed by atoms with Gasteiger partial charge in [-0.15, -0.1) is 11.6 Å². The van der Waals surface area contributed by atoms with E-state index in [1.165, 1.54) is 0 Å². The molecule has 0 radical (unpaired) electrons. The number of benzene rings is 1. The number of alkyl halides is 1. The molecule has 0 fully saturated rings. The lowest BCUT2D eigenvalue weighted by atomic mass is 10.2. The van der Waals surface area contributed by atoms with Crippen LogP contribution >= 0.6 is 11.6 Å². The number of hydrogen-bond acceptors (Lipinski definition) is 2. The van der Waals surface area contributed by atoms with E-state index in [1.54, 1.807) is 9.58 Å². The molecule has 0 aliphatic carbocycles. The maximum atomic E-state index is 12.5. The largest absolute Gasteiger partial charge is 0.340 e. The number of carbonyl (C=O) groups is 1. The molecule has 0 saturated heterocycles. The maximum absolute atomic E-state index is 12.5. The van der Waals surface area contributed by atoms with Crippen LogP contribution in [0.25, 0.3) is 10.9 Å². The third kappa shape index (κ3) is 3.12. The lowest BCUT2D eigenvalue weighted by Crippen LogP contribution is -2.28. The fourth-order valence-corrected chi connectivity index (χ4v) is 2.46. The number of carbonyl (C=O) groups excluding carboxylic acids is 1. The number of fused-ring (bicyclic) bond motifs is 1. The summed E-state index contributed by atoms with van der Waals surface area (Å²) in [6.07, 6.45) is 3.01. The summed E-state index contributed by atoms with van der Waals surface area (Å²) in [7, 11) is 3.69. The van der Waals surface area contributed by atoms with Gasteiger partial charge < -0.3 is 4.90 Å². The van der Waals surface area contributed by atoms with Crippen LogP contribution in [0.1, 0.15) is 29.8 Å². The average Bonchev–Trinajstić information content (AvgIpc) is 2.80. The molecule has 5 heteroatoms. The highest BCUT2D eigenvalue weighted by molar-refractivity contribution is 6.17. The molecule has 2 aromatic rings. The van der Waals surface area contributed by atoms with Crippen molar-refractivity contribution in [2.45, 2.75) is 19.3 Å². The zero-order valence-electron chi connectivity index (χ0n) is 12.0. The number of halogens is 1.